The second-order valence-corrected chi connectivity index (χ2v) is 9.79. The number of carbonyl (C=O) groups is 1. The van der Waals surface area contributed by atoms with Crippen LogP contribution in [0.25, 0.3) is 0 Å². The van der Waals surface area contributed by atoms with Gasteiger partial charge in [0.1, 0.15) is 4.88 Å². The summed E-state index contributed by atoms with van der Waals surface area (Å²) < 4.78 is 29.0. The van der Waals surface area contributed by atoms with Gasteiger partial charge >= 0.3 is 0 Å². The summed E-state index contributed by atoms with van der Waals surface area (Å²) in [6.07, 6.45) is 2.03. The van der Waals surface area contributed by atoms with Gasteiger partial charge in [0.25, 0.3) is 5.91 Å². The zero-order valence-electron chi connectivity index (χ0n) is 13.3. The van der Waals surface area contributed by atoms with E-state index in [1.807, 2.05) is 24.4 Å². The lowest BCUT2D eigenvalue weighted by molar-refractivity contribution is 0.0770. The summed E-state index contributed by atoms with van der Waals surface area (Å²) in [6, 6.07) is 3.72. The van der Waals surface area contributed by atoms with Crippen molar-refractivity contribution >= 4 is 38.6 Å². The number of carbonyl (C=O) groups excluding carboxylic acids is 1. The Morgan fingerprint density at radius 2 is 2.25 bits per heavy atom. The fourth-order valence-electron chi connectivity index (χ4n) is 2.86. The molecule has 2 aromatic rings. The molecule has 1 aliphatic heterocycles. The second-order valence-electron chi connectivity index (χ2n) is 5.75. The first kappa shape index (κ1) is 17.5. The minimum Gasteiger partial charge on any atom is -0.337 e. The van der Waals surface area contributed by atoms with Crippen LogP contribution < -0.4 is 0 Å². The van der Waals surface area contributed by atoms with Crippen molar-refractivity contribution in [1.82, 2.24) is 14.5 Å². The first-order valence-electron chi connectivity index (χ1n) is 7.88. The van der Waals surface area contributed by atoms with Crippen LogP contribution in [0, 0.1) is 0 Å². The molecule has 3 heterocycles. The van der Waals surface area contributed by atoms with Crippen molar-refractivity contribution in [2.75, 3.05) is 18.8 Å². The van der Waals surface area contributed by atoms with Crippen LogP contribution in [-0.2, 0) is 16.3 Å². The van der Waals surface area contributed by atoms with Gasteiger partial charge in [-0.05, 0) is 35.8 Å². The third-order valence-corrected chi connectivity index (χ3v) is 8.12. The molecule has 0 radical (unpaired) electrons. The number of nitrogens with zero attached hydrogens (tertiary/aromatic N) is 3. The van der Waals surface area contributed by atoms with Crippen molar-refractivity contribution in [3.05, 3.63) is 33.0 Å². The van der Waals surface area contributed by atoms with Gasteiger partial charge in [-0.3, -0.25) is 4.79 Å². The number of sulfone groups is 1. The van der Waals surface area contributed by atoms with Gasteiger partial charge in [0.15, 0.2) is 9.84 Å². The maximum absolute atomic E-state index is 12.8. The van der Waals surface area contributed by atoms with Gasteiger partial charge in [-0.1, -0.05) is 23.9 Å². The minimum absolute atomic E-state index is 0.00332. The molecular formula is C15H19N3O3S3. The van der Waals surface area contributed by atoms with E-state index in [4.69, 9.17) is 0 Å². The summed E-state index contributed by atoms with van der Waals surface area (Å²) in [6.45, 7) is 2.69. The van der Waals surface area contributed by atoms with Crippen LogP contribution in [0.1, 0.15) is 45.3 Å². The van der Waals surface area contributed by atoms with Crippen LogP contribution in [-0.4, -0.2) is 47.7 Å². The molecule has 0 aliphatic carbocycles. The number of aryl methyl sites for hydroxylation is 1. The maximum atomic E-state index is 12.8. The van der Waals surface area contributed by atoms with E-state index in [1.165, 1.54) is 11.3 Å². The van der Waals surface area contributed by atoms with Gasteiger partial charge in [0, 0.05) is 18.0 Å². The number of aromatic nitrogens is 2. The Labute approximate surface area is 149 Å². The molecule has 2 aromatic heterocycles. The first-order valence-corrected chi connectivity index (χ1v) is 11.2. The van der Waals surface area contributed by atoms with Gasteiger partial charge in [-0.2, -0.15) is 0 Å². The smallest absolute Gasteiger partial charge is 0.267 e. The molecule has 0 bridgehead atoms. The van der Waals surface area contributed by atoms with Crippen LogP contribution in [0.5, 0.6) is 0 Å². The van der Waals surface area contributed by atoms with Gasteiger partial charge in [-0.15, -0.1) is 16.4 Å². The number of hydrogen-bond donors (Lipinski definition) is 0. The topological polar surface area (TPSA) is 80.2 Å². The third kappa shape index (κ3) is 3.52. The van der Waals surface area contributed by atoms with E-state index in [9.17, 15) is 13.2 Å². The average molecular weight is 386 g/mol. The van der Waals surface area contributed by atoms with Crippen molar-refractivity contribution in [2.45, 2.75) is 31.4 Å². The van der Waals surface area contributed by atoms with Crippen molar-refractivity contribution < 1.29 is 13.2 Å². The highest BCUT2D eigenvalue weighted by Gasteiger charge is 2.34. The summed E-state index contributed by atoms with van der Waals surface area (Å²) in [7, 11) is -3.25. The predicted molar refractivity (Wildman–Crippen MR) is 95.3 cm³/mol. The monoisotopic (exact) mass is 385 g/mol. The number of amides is 1. The fourth-order valence-corrected chi connectivity index (χ4v) is 6.54. The average Bonchev–Trinajstić information content (AvgIpc) is 3.19. The van der Waals surface area contributed by atoms with Gasteiger partial charge in [0.05, 0.1) is 16.7 Å². The molecule has 1 atom stereocenters. The normalized spacial score (nSPS) is 20.7. The zero-order valence-corrected chi connectivity index (χ0v) is 15.8. The van der Waals surface area contributed by atoms with Crippen molar-refractivity contribution in [3.63, 3.8) is 0 Å². The number of thiophene rings is 1. The van der Waals surface area contributed by atoms with Crippen LogP contribution >= 0.6 is 22.9 Å². The Bertz CT molecular complexity index is 799. The van der Waals surface area contributed by atoms with Crippen LogP contribution in [0.2, 0.25) is 0 Å². The Morgan fingerprint density at radius 3 is 2.96 bits per heavy atom. The van der Waals surface area contributed by atoms with E-state index in [0.717, 1.165) is 28.5 Å². The largest absolute Gasteiger partial charge is 0.337 e. The van der Waals surface area contributed by atoms with E-state index in [0.29, 0.717) is 24.3 Å². The van der Waals surface area contributed by atoms with Crippen LogP contribution in [0.4, 0.5) is 0 Å². The molecule has 0 spiro atoms. The molecule has 9 heteroatoms. The Hall–Kier alpha value is -1.32. The van der Waals surface area contributed by atoms with Gasteiger partial charge < -0.3 is 4.90 Å². The summed E-state index contributed by atoms with van der Waals surface area (Å²) in [4.78, 5) is 15.8. The van der Waals surface area contributed by atoms with E-state index < -0.39 is 15.1 Å². The molecule has 3 rings (SSSR count). The molecule has 6 nitrogen and oxygen atoms in total. The molecule has 130 valence electrons. The number of hydrogen-bond acceptors (Lipinski definition) is 7. The van der Waals surface area contributed by atoms with E-state index >= 15 is 0 Å². The molecule has 0 aromatic carbocycles. The summed E-state index contributed by atoms with van der Waals surface area (Å²) in [5.41, 5.74) is 0.717. The molecule has 1 fully saturated rings. The standard InChI is InChI=1S/C15H19N3O3S3/c1-2-4-11-14(23-17-16-11)15(19)18-7-6-13(12-5-3-9-22-12)24(20,21)10-8-18/h3,5,9,13H,2,4,6-8,10H2,1H3/t13-/m0/s1. The lowest BCUT2D eigenvalue weighted by atomic mass is 10.2. The number of rotatable bonds is 4. The van der Waals surface area contributed by atoms with Crippen molar-refractivity contribution in [3.8, 4) is 0 Å². The fraction of sp³-hybridized carbons (Fsp3) is 0.533. The zero-order chi connectivity index (χ0) is 17.2. The Kier molecular flexibility index (Phi) is 5.31. The highest BCUT2D eigenvalue weighted by Crippen LogP contribution is 2.32. The quantitative estimate of drug-likeness (QED) is 0.808. The lowest BCUT2D eigenvalue weighted by Gasteiger charge is -2.19. The third-order valence-electron chi connectivity index (χ3n) is 4.12. The van der Waals surface area contributed by atoms with Crippen LogP contribution in [0.15, 0.2) is 17.5 Å². The molecule has 0 N–H and O–H groups in total. The molecule has 1 amide bonds. The minimum atomic E-state index is -3.25. The highest BCUT2D eigenvalue weighted by atomic mass is 32.2. The second kappa shape index (κ2) is 7.28. The molecule has 0 saturated carbocycles. The maximum Gasteiger partial charge on any atom is 0.267 e. The van der Waals surface area contributed by atoms with Gasteiger partial charge in [0.2, 0.25) is 0 Å². The molecule has 1 saturated heterocycles. The van der Waals surface area contributed by atoms with E-state index in [1.54, 1.807) is 4.90 Å². The summed E-state index contributed by atoms with van der Waals surface area (Å²) >= 11 is 2.55. The van der Waals surface area contributed by atoms with Gasteiger partial charge in [-0.25, -0.2) is 8.42 Å². The Morgan fingerprint density at radius 1 is 1.42 bits per heavy atom. The van der Waals surface area contributed by atoms with E-state index in [-0.39, 0.29) is 18.2 Å². The SMILES string of the molecule is CCCc1nnsc1C(=O)N1CC[C@@H](c2cccs2)S(=O)(=O)CC1. The van der Waals surface area contributed by atoms with Crippen molar-refractivity contribution in [2.24, 2.45) is 0 Å². The Balaban J connectivity index is 1.80. The molecular weight excluding hydrogens is 366 g/mol. The van der Waals surface area contributed by atoms with Crippen molar-refractivity contribution in [1.29, 1.82) is 0 Å². The summed E-state index contributed by atoms with van der Waals surface area (Å²) in [5, 5.41) is 5.41. The molecule has 0 unspecified atom stereocenters. The highest BCUT2D eigenvalue weighted by molar-refractivity contribution is 7.91. The lowest BCUT2D eigenvalue weighted by Crippen LogP contribution is -2.33. The first-order chi connectivity index (χ1) is 11.5. The molecule has 1 aliphatic rings. The molecule has 24 heavy (non-hydrogen) atoms. The predicted octanol–water partition coefficient (Wildman–Crippen LogP) is 2.55. The van der Waals surface area contributed by atoms with E-state index in [2.05, 4.69) is 9.59 Å². The van der Waals surface area contributed by atoms with Crippen LogP contribution in [0.3, 0.4) is 0 Å². The summed E-state index contributed by atoms with van der Waals surface area (Å²) in [5.74, 6) is -0.146.